The van der Waals surface area contributed by atoms with Crippen LogP contribution in [0.25, 0.3) is 0 Å². The van der Waals surface area contributed by atoms with E-state index in [2.05, 4.69) is 45.2 Å². The number of halogens is 1. The minimum atomic E-state index is 0. The van der Waals surface area contributed by atoms with Gasteiger partial charge >= 0.3 is 0 Å². The largest absolute Gasteiger partial charge is 0.337 e. The Bertz CT molecular complexity index is 551. The highest BCUT2D eigenvalue weighted by atomic mass is 35.5. The van der Waals surface area contributed by atoms with Crippen LogP contribution in [0.2, 0.25) is 0 Å². The molecule has 0 radical (unpaired) electrons. The second-order valence-corrected chi connectivity index (χ2v) is 6.11. The Balaban J connectivity index is 0.00000147. The van der Waals surface area contributed by atoms with Crippen molar-refractivity contribution in [2.75, 3.05) is 19.6 Å². The molecule has 2 aromatic rings. The quantitative estimate of drug-likeness (QED) is 0.944. The number of piperazine rings is 1. The molecule has 1 N–H and O–H groups in total. The zero-order valence-corrected chi connectivity index (χ0v) is 13.5. The lowest BCUT2D eigenvalue weighted by Gasteiger charge is -2.35. The Kier molecular flexibility index (Phi) is 5.21. The van der Waals surface area contributed by atoms with Crippen LogP contribution < -0.4 is 5.32 Å². The fourth-order valence-electron chi connectivity index (χ4n) is 2.64. The third kappa shape index (κ3) is 3.06. The highest BCUT2D eigenvalue weighted by Crippen LogP contribution is 2.25. The summed E-state index contributed by atoms with van der Waals surface area (Å²) in [6, 6.07) is 2.58. The fraction of sp³-hybridized carbons (Fsp3) is 0.500. The molecule has 20 heavy (non-hydrogen) atoms. The van der Waals surface area contributed by atoms with Gasteiger partial charge in [-0.3, -0.25) is 4.90 Å². The van der Waals surface area contributed by atoms with Crippen molar-refractivity contribution < 1.29 is 0 Å². The summed E-state index contributed by atoms with van der Waals surface area (Å²) in [6.45, 7) is 6.35. The predicted octanol–water partition coefficient (Wildman–Crippen LogP) is 2.36. The van der Waals surface area contributed by atoms with Crippen molar-refractivity contribution in [3.63, 3.8) is 0 Å². The maximum atomic E-state index is 4.53. The molecule has 0 aromatic carbocycles. The van der Waals surface area contributed by atoms with Gasteiger partial charge in [-0.2, -0.15) is 0 Å². The Morgan fingerprint density at radius 3 is 3.00 bits per heavy atom. The first-order chi connectivity index (χ1) is 9.25. The number of aromatic nitrogens is 2. The molecule has 0 aliphatic carbocycles. The summed E-state index contributed by atoms with van der Waals surface area (Å²) in [5.41, 5.74) is 1.40. The number of hydrogen-bond donors (Lipinski definition) is 1. The number of thiophene rings is 1. The molecule has 6 heteroatoms. The molecule has 0 spiro atoms. The third-order valence-electron chi connectivity index (χ3n) is 3.83. The summed E-state index contributed by atoms with van der Waals surface area (Å²) in [7, 11) is 2.07. The number of rotatable bonds is 3. The first-order valence-corrected chi connectivity index (χ1v) is 7.58. The van der Waals surface area contributed by atoms with Gasteiger partial charge in [-0.15, -0.1) is 23.7 Å². The van der Waals surface area contributed by atoms with E-state index in [1.807, 2.05) is 23.7 Å². The van der Waals surface area contributed by atoms with Gasteiger partial charge in [0.2, 0.25) is 0 Å². The molecular weight excluding hydrogens is 292 g/mol. The molecular formula is C14H21ClN4S. The van der Waals surface area contributed by atoms with Gasteiger partial charge in [-0.1, -0.05) is 0 Å². The lowest BCUT2D eigenvalue weighted by atomic mass is 10.1. The van der Waals surface area contributed by atoms with E-state index < -0.39 is 0 Å². The van der Waals surface area contributed by atoms with Crippen LogP contribution in [-0.4, -0.2) is 34.1 Å². The summed E-state index contributed by atoms with van der Waals surface area (Å²) in [5.74, 6) is 1.15. The van der Waals surface area contributed by atoms with Crippen LogP contribution in [0.4, 0.5) is 0 Å². The maximum Gasteiger partial charge on any atom is 0.127 e. The third-order valence-corrected chi connectivity index (χ3v) is 4.83. The zero-order chi connectivity index (χ0) is 13.2. The summed E-state index contributed by atoms with van der Waals surface area (Å²) in [4.78, 5) is 8.54. The predicted molar refractivity (Wildman–Crippen MR) is 85.5 cm³/mol. The van der Waals surface area contributed by atoms with Gasteiger partial charge in [0.1, 0.15) is 5.82 Å². The molecule has 1 aliphatic rings. The summed E-state index contributed by atoms with van der Waals surface area (Å²) in [6.07, 6.45) is 3.91. The van der Waals surface area contributed by atoms with Crippen LogP contribution in [0.5, 0.6) is 0 Å². The van der Waals surface area contributed by atoms with E-state index in [0.717, 1.165) is 32.0 Å². The maximum absolute atomic E-state index is 4.53. The van der Waals surface area contributed by atoms with Crippen LogP contribution in [0.3, 0.4) is 0 Å². The number of imidazole rings is 1. The van der Waals surface area contributed by atoms with Crippen LogP contribution in [0.15, 0.2) is 23.8 Å². The standard InChI is InChI=1S/C14H20N4S.ClH/c1-11-3-8-19-13(11)10-18-7-4-15-9-12(18)14-16-5-6-17(14)2;/h3,5-6,8,12,15H,4,7,9-10H2,1-2H3;1H. The Morgan fingerprint density at radius 1 is 1.50 bits per heavy atom. The van der Waals surface area contributed by atoms with Crippen molar-refractivity contribution >= 4 is 23.7 Å². The Morgan fingerprint density at radius 2 is 2.35 bits per heavy atom. The van der Waals surface area contributed by atoms with Crippen LogP contribution in [0.1, 0.15) is 22.3 Å². The van der Waals surface area contributed by atoms with Gasteiger partial charge in [0.25, 0.3) is 0 Å². The van der Waals surface area contributed by atoms with Gasteiger partial charge in [0, 0.05) is 50.5 Å². The molecule has 3 rings (SSSR count). The molecule has 0 saturated carbocycles. The Hall–Kier alpha value is -0.880. The number of nitrogens with one attached hydrogen (secondary N) is 1. The second kappa shape index (κ2) is 6.72. The van der Waals surface area contributed by atoms with E-state index in [4.69, 9.17) is 0 Å². The monoisotopic (exact) mass is 312 g/mol. The van der Waals surface area contributed by atoms with Crippen molar-refractivity contribution in [3.05, 3.63) is 40.1 Å². The minimum absolute atomic E-state index is 0. The van der Waals surface area contributed by atoms with Gasteiger partial charge in [0.05, 0.1) is 6.04 Å². The highest BCUT2D eigenvalue weighted by Gasteiger charge is 2.27. The van der Waals surface area contributed by atoms with Crippen LogP contribution >= 0.6 is 23.7 Å². The molecule has 3 heterocycles. The van der Waals surface area contributed by atoms with E-state index in [0.29, 0.717) is 6.04 Å². The van der Waals surface area contributed by atoms with Crippen LogP contribution in [-0.2, 0) is 13.6 Å². The molecule has 4 nitrogen and oxygen atoms in total. The average Bonchev–Trinajstić information content (AvgIpc) is 3.00. The number of nitrogens with zero attached hydrogens (tertiary/aromatic N) is 3. The first kappa shape index (κ1) is 15.5. The molecule has 1 unspecified atom stereocenters. The zero-order valence-electron chi connectivity index (χ0n) is 11.9. The molecule has 2 aromatic heterocycles. The molecule has 0 bridgehead atoms. The van der Waals surface area contributed by atoms with Crippen molar-refractivity contribution in [1.82, 2.24) is 19.8 Å². The molecule has 1 fully saturated rings. The lowest BCUT2D eigenvalue weighted by molar-refractivity contribution is 0.146. The summed E-state index contributed by atoms with van der Waals surface area (Å²) >= 11 is 1.86. The van der Waals surface area contributed by atoms with Crippen LogP contribution in [0, 0.1) is 6.92 Å². The van der Waals surface area contributed by atoms with Gasteiger partial charge in [-0.25, -0.2) is 4.98 Å². The normalized spacial score (nSPS) is 19.8. The molecule has 1 atom stereocenters. The summed E-state index contributed by atoms with van der Waals surface area (Å²) < 4.78 is 2.13. The topological polar surface area (TPSA) is 33.1 Å². The van der Waals surface area contributed by atoms with Crippen molar-refractivity contribution in [2.24, 2.45) is 7.05 Å². The first-order valence-electron chi connectivity index (χ1n) is 6.70. The molecule has 0 amide bonds. The van der Waals surface area contributed by atoms with Crippen molar-refractivity contribution in [3.8, 4) is 0 Å². The van der Waals surface area contributed by atoms with E-state index >= 15 is 0 Å². The highest BCUT2D eigenvalue weighted by molar-refractivity contribution is 7.10. The number of aryl methyl sites for hydroxylation is 2. The van der Waals surface area contributed by atoms with Crippen molar-refractivity contribution in [2.45, 2.75) is 19.5 Å². The summed E-state index contributed by atoms with van der Waals surface area (Å²) in [5, 5.41) is 5.67. The van der Waals surface area contributed by atoms with E-state index in [-0.39, 0.29) is 12.4 Å². The van der Waals surface area contributed by atoms with Gasteiger partial charge in [0.15, 0.2) is 0 Å². The molecule has 110 valence electrons. The van der Waals surface area contributed by atoms with E-state index in [1.54, 1.807) is 0 Å². The Labute approximate surface area is 130 Å². The van der Waals surface area contributed by atoms with Crippen molar-refractivity contribution in [1.29, 1.82) is 0 Å². The van der Waals surface area contributed by atoms with E-state index in [1.165, 1.54) is 10.4 Å². The van der Waals surface area contributed by atoms with Gasteiger partial charge in [-0.05, 0) is 23.9 Å². The molecule has 1 saturated heterocycles. The van der Waals surface area contributed by atoms with Gasteiger partial charge < -0.3 is 9.88 Å². The number of hydrogen-bond acceptors (Lipinski definition) is 4. The average molecular weight is 313 g/mol. The molecule has 1 aliphatic heterocycles. The lowest BCUT2D eigenvalue weighted by Crippen LogP contribution is -2.46. The van der Waals surface area contributed by atoms with E-state index in [9.17, 15) is 0 Å². The smallest absolute Gasteiger partial charge is 0.127 e. The fourth-order valence-corrected chi connectivity index (χ4v) is 3.57. The second-order valence-electron chi connectivity index (χ2n) is 5.11. The SMILES string of the molecule is Cc1ccsc1CN1CCNCC1c1nccn1C.Cl. The minimum Gasteiger partial charge on any atom is -0.337 e.